The molecule has 0 bridgehead atoms. The number of halogens is 1. The van der Waals surface area contributed by atoms with E-state index in [1.807, 2.05) is 6.92 Å². The van der Waals surface area contributed by atoms with Crippen molar-refractivity contribution in [3.8, 4) is 0 Å². The SMILES string of the molecule is Cc1ccc(S(=O)(=O)N2CCCCC2CCNS(=O)(=O)c2ccc(Cl)cc2)cc1. The van der Waals surface area contributed by atoms with Crippen LogP contribution in [0, 0.1) is 6.92 Å². The predicted octanol–water partition coefficient (Wildman–Crippen LogP) is 3.56. The zero-order valence-electron chi connectivity index (χ0n) is 16.2. The van der Waals surface area contributed by atoms with Crippen LogP contribution in [0.3, 0.4) is 0 Å². The zero-order chi connectivity index (χ0) is 21.1. The molecule has 0 aromatic heterocycles. The third-order valence-electron chi connectivity index (χ3n) is 5.09. The Morgan fingerprint density at radius 3 is 2.24 bits per heavy atom. The number of aryl methyl sites for hydroxylation is 1. The predicted molar refractivity (Wildman–Crippen MR) is 114 cm³/mol. The second kappa shape index (κ2) is 9.14. The molecule has 0 amide bonds. The number of rotatable bonds is 7. The molecule has 1 unspecified atom stereocenters. The van der Waals surface area contributed by atoms with E-state index in [-0.39, 0.29) is 22.4 Å². The van der Waals surface area contributed by atoms with Crippen LogP contribution in [0.1, 0.15) is 31.2 Å². The van der Waals surface area contributed by atoms with Crippen molar-refractivity contribution in [2.75, 3.05) is 13.1 Å². The monoisotopic (exact) mass is 456 g/mol. The van der Waals surface area contributed by atoms with Crippen LogP contribution in [-0.2, 0) is 20.0 Å². The van der Waals surface area contributed by atoms with Gasteiger partial charge in [-0.2, -0.15) is 4.31 Å². The molecule has 1 N–H and O–H groups in total. The molecular weight excluding hydrogens is 432 g/mol. The zero-order valence-corrected chi connectivity index (χ0v) is 18.6. The van der Waals surface area contributed by atoms with Gasteiger partial charge in [-0.1, -0.05) is 35.7 Å². The van der Waals surface area contributed by atoms with Crippen molar-refractivity contribution in [2.24, 2.45) is 0 Å². The average molecular weight is 457 g/mol. The highest BCUT2D eigenvalue weighted by Gasteiger charge is 2.33. The summed E-state index contributed by atoms with van der Waals surface area (Å²) in [6, 6.07) is 12.5. The molecule has 0 aliphatic carbocycles. The molecule has 1 aliphatic heterocycles. The minimum atomic E-state index is -3.66. The lowest BCUT2D eigenvalue weighted by atomic mass is 10.0. The number of nitrogens with zero attached hydrogens (tertiary/aromatic N) is 1. The maximum absolute atomic E-state index is 13.1. The van der Waals surface area contributed by atoms with Crippen molar-refractivity contribution >= 4 is 31.6 Å². The summed E-state index contributed by atoms with van der Waals surface area (Å²) in [5.74, 6) is 0. The normalized spacial score (nSPS) is 18.6. The van der Waals surface area contributed by atoms with Crippen LogP contribution in [0.2, 0.25) is 5.02 Å². The Kier molecular flexibility index (Phi) is 7.01. The summed E-state index contributed by atoms with van der Waals surface area (Å²) < 4.78 is 55.2. The number of piperidine rings is 1. The van der Waals surface area contributed by atoms with Crippen molar-refractivity contribution in [1.82, 2.24) is 9.03 Å². The Balaban J connectivity index is 1.69. The molecule has 2 aromatic carbocycles. The van der Waals surface area contributed by atoms with Crippen molar-refractivity contribution in [3.63, 3.8) is 0 Å². The third-order valence-corrected chi connectivity index (χ3v) is 8.79. The standard InChI is InChI=1S/C20H25ClN2O4S2/c1-16-5-9-20(10-6-16)29(26,27)23-15-3-2-4-18(23)13-14-22-28(24,25)19-11-7-17(21)8-12-19/h5-12,18,22H,2-4,13-15H2,1H3. The van der Waals surface area contributed by atoms with Crippen molar-refractivity contribution in [1.29, 1.82) is 0 Å². The van der Waals surface area contributed by atoms with E-state index in [1.165, 1.54) is 28.6 Å². The fourth-order valence-corrected chi connectivity index (χ4v) is 6.38. The van der Waals surface area contributed by atoms with Crippen LogP contribution in [-0.4, -0.2) is 40.3 Å². The van der Waals surface area contributed by atoms with Gasteiger partial charge in [-0.15, -0.1) is 0 Å². The highest BCUT2D eigenvalue weighted by Crippen LogP contribution is 2.27. The fraction of sp³-hybridized carbons (Fsp3) is 0.400. The van der Waals surface area contributed by atoms with Crippen LogP contribution < -0.4 is 4.72 Å². The largest absolute Gasteiger partial charge is 0.243 e. The summed E-state index contributed by atoms with van der Waals surface area (Å²) in [5.41, 5.74) is 0.996. The summed E-state index contributed by atoms with van der Waals surface area (Å²) in [6.07, 6.45) is 2.86. The van der Waals surface area contributed by atoms with Crippen LogP contribution in [0.5, 0.6) is 0 Å². The number of benzene rings is 2. The Morgan fingerprint density at radius 1 is 0.966 bits per heavy atom. The minimum Gasteiger partial charge on any atom is -0.211 e. The number of hydrogen-bond donors (Lipinski definition) is 1. The van der Waals surface area contributed by atoms with Gasteiger partial charge in [0.15, 0.2) is 0 Å². The molecule has 9 heteroatoms. The van der Waals surface area contributed by atoms with E-state index in [9.17, 15) is 16.8 Å². The quantitative estimate of drug-likeness (QED) is 0.690. The summed E-state index contributed by atoms with van der Waals surface area (Å²) in [6.45, 7) is 2.52. The molecule has 29 heavy (non-hydrogen) atoms. The van der Waals surface area contributed by atoms with Gasteiger partial charge in [0, 0.05) is 24.2 Å². The highest BCUT2D eigenvalue weighted by molar-refractivity contribution is 7.89. The van der Waals surface area contributed by atoms with Gasteiger partial charge in [0.05, 0.1) is 9.79 Å². The van der Waals surface area contributed by atoms with Gasteiger partial charge in [-0.25, -0.2) is 21.6 Å². The van der Waals surface area contributed by atoms with E-state index in [1.54, 1.807) is 24.3 Å². The molecule has 1 atom stereocenters. The van der Waals surface area contributed by atoms with E-state index in [0.717, 1.165) is 18.4 Å². The van der Waals surface area contributed by atoms with E-state index < -0.39 is 20.0 Å². The first-order valence-electron chi connectivity index (χ1n) is 9.54. The molecule has 0 saturated carbocycles. The molecular formula is C20H25ClN2O4S2. The van der Waals surface area contributed by atoms with Gasteiger partial charge in [-0.3, -0.25) is 0 Å². The first kappa shape index (κ1) is 22.2. The fourth-order valence-electron chi connectivity index (χ4n) is 3.48. The van der Waals surface area contributed by atoms with Crippen LogP contribution in [0.4, 0.5) is 0 Å². The molecule has 0 spiro atoms. The summed E-state index contributed by atoms with van der Waals surface area (Å²) in [5, 5.41) is 0.461. The first-order valence-corrected chi connectivity index (χ1v) is 12.8. The molecule has 6 nitrogen and oxygen atoms in total. The van der Waals surface area contributed by atoms with Crippen molar-refractivity contribution in [3.05, 3.63) is 59.1 Å². The third kappa shape index (κ3) is 5.38. The Bertz CT molecular complexity index is 1040. The van der Waals surface area contributed by atoms with Crippen molar-refractivity contribution < 1.29 is 16.8 Å². The lowest BCUT2D eigenvalue weighted by Crippen LogP contribution is -2.45. The lowest BCUT2D eigenvalue weighted by molar-refractivity contribution is 0.242. The minimum absolute atomic E-state index is 0.134. The topological polar surface area (TPSA) is 83.6 Å². The van der Waals surface area contributed by atoms with Crippen LogP contribution >= 0.6 is 11.6 Å². The molecule has 3 rings (SSSR count). The number of nitrogens with one attached hydrogen (secondary N) is 1. The number of sulfonamides is 2. The van der Waals surface area contributed by atoms with Gasteiger partial charge >= 0.3 is 0 Å². The molecule has 1 fully saturated rings. The maximum atomic E-state index is 13.1. The molecule has 1 heterocycles. The summed E-state index contributed by atoms with van der Waals surface area (Å²) in [7, 11) is -7.27. The van der Waals surface area contributed by atoms with Gasteiger partial charge in [0.1, 0.15) is 0 Å². The van der Waals surface area contributed by atoms with E-state index in [2.05, 4.69) is 4.72 Å². The van der Waals surface area contributed by atoms with Crippen molar-refractivity contribution in [2.45, 2.75) is 48.4 Å². The van der Waals surface area contributed by atoms with Gasteiger partial charge < -0.3 is 0 Å². The molecule has 158 valence electrons. The molecule has 1 aliphatic rings. The van der Waals surface area contributed by atoms with E-state index in [4.69, 9.17) is 11.6 Å². The Hall–Kier alpha value is -1.45. The average Bonchev–Trinajstić information content (AvgIpc) is 2.69. The highest BCUT2D eigenvalue weighted by atomic mass is 35.5. The van der Waals surface area contributed by atoms with E-state index >= 15 is 0 Å². The van der Waals surface area contributed by atoms with Crippen LogP contribution in [0.15, 0.2) is 58.3 Å². The molecule has 0 radical (unpaired) electrons. The van der Waals surface area contributed by atoms with Crippen LogP contribution in [0.25, 0.3) is 0 Å². The van der Waals surface area contributed by atoms with E-state index in [0.29, 0.717) is 24.4 Å². The van der Waals surface area contributed by atoms with Gasteiger partial charge in [0.2, 0.25) is 20.0 Å². The second-order valence-electron chi connectivity index (χ2n) is 7.22. The molecule has 1 saturated heterocycles. The smallest absolute Gasteiger partial charge is 0.211 e. The first-order chi connectivity index (χ1) is 13.7. The lowest BCUT2D eigenvalue weighted by Gasteiger charge is -2.34. The Labute approximate surface area is 178 Å². The van der Waals surface area contributed by atoms with Gasteiger partial charge in [-0.05, 0) is 62.6 Å². The summed E-state index contributed by atoms with van der Waals surface area (Å²) in [4.78, 5) is 0.409. The molecule has 2 aromatic rings. The Morgan fingerprint density at radius 2 is 1.59 bits per heavy atom. The maximum Gasteiger partial charge on any atom is 0.243 e. The second-order valence-corrected chi connectivity index (χ2v) is 11.3. The van der Waals surface area contributed by atoms with Gasteiger partial charge in [0.25, 0.3) is 0 Å². The summed E-state index contributed by atoms with van der Waals surface area (Å²) >= 11 is 5.81. The number of hydrogen-bond acceptors (Lipinski definition) is 4.